The van der Waals surface area contributed by atoms with Crippen molar-refractivity contribution in [3.63, 3.8) is 0 Å². The molecule has 0 saturated heterocycles. The Morgan fingerprint density at radius 2 is 2.11 bits per heavy atom. The normalized spacial score (nSPS) is 12.5. The number of hydrogen-bond acceptors (Lipinski definition) is 3. The van der Waals surface area contributed by atoms with Gasteiger partial charge in [-0.3, -0.25) is 4.79 Å². The summed E-state index contributed by atoms with van der Waals surface area (Å²) in [6.07, 6.45) is 0.747. The third-order valence-electron chi connectivity index (χ3n) is 3.19. The SMILES string of the molecule is CC(C)C(N)CCN(C)C(=O)c1ccc(Br)cc1O. The molecule has 19 heavy (non-hydrogen) atoms. The van der Waals surface area contributed by atoms with Crippen LogP contribution in [0.1, 0.15) is 30.6 Å². The second-order valence-electron chi connectivity index (χ2n) is 5.08. The van der Waals surface area contributed by atoms with Crippen molar-refractivity contribution in [3.8, 4) is 5.75 Å². The fraction of sp³-hybridized carbons (Fsp3) is 0.500. The molecule has 0 heterocycles. The van der Waals surface area contributed by atoms with E-state index in [1.807, 2.05) is 0 Å². The molecule has 0 radical (unpaired) electrons. The molecule has 0 aliphatic heterocycles. The lowest BCUT2D eigenvalue weighted by Crippen LogP contribution is -2.34. The molecule has 0 bridgehead atoms. The van der Waals surface area contributed by atoms with E-state index in [2.05, 4.69) is 29.8 Å². The quantitative estimate of drug-likeness (QED) is 0.873. The molecular weight excluding hydrogens is 308 g/mol. The van der Waals surface area contributed by atoms with Crippen molar-refractivity contribution in [2.24, 2.45) is 11.7 Å². The summed E-state index contributed by atoms with van der Waals surface area (Å²) in [5, 5.41) is 9.77. The van der Waals surface area contributed by atoms with Gasteiger partial charge in [-0.25, -0.2) is 0 Å². The van der Waals surface area contributed by atoms with Crippen LogP contribution in [0.5, 0.6) is 5.75 Å². The van der Waals surface area contributed by atoms with Crippen molar-refractivity contribution in [1.82, 2.24) is 4.90 Å². The lowest BCUT2D eigenvalue weighted by molar-refractivity contribution is 0.0786. The summed E-state index contributed by atoms with van der Waals surface area (Å²) in [6, 6.07) is 4.94. The maximum Gasteiger partial charge on any atom is 0.257 e. The molecule has 1 aromatic carbocycles. The van der Waals surface area contributed by atoms with E-state index >= 15 is 0 Å². The van der Waals surface area contributed by atoms with Crippen LogP contribution in [0, 0.1) is 5.92 Å². The van der Waals surface area contributed by atoms with Gasteiger partial charge in [0.05, 0.1) is 5.56 Å². The molecular formula is C14H21BrN2O2. The molecule has 0 aliphatic carbocycles. The zero-order chi connectivity index (χ0) is 14.6. The third kappa shape index (κ3) is 4.51. The van der Waals surface area contributed by atoms with Gasteiger partial charge >= 0.3 is 0 Å². The molecule has 0 fully saturated rings. The highest BCUT2D eigenvalue weighted by Crippen LogP contribution is 2.23. The number of carbonyl (C=O) groups excluding carboxylic acids is 1. The van der Waals surface area contributed by atoms with Crippen molar-refractivity contribution >= 4 is 21.8 Å². The number of rotatable bonds is 5. The van der Waals surface area contributed by atoms with Crippen molar-refractivity contribution in [1.29, 1.82) is 0 Å². The molecule has 3 N–H and O–H groups in total. The van der Waals surface area contributed by atoms with E-state index < -0.39 is 0 Å². The fourth-order valence-corrected chi connectivity index (χ4v) is 2.02. The highest BCUT2D eigenvalue weighted by molar-refractivity contribution is 9.10. The van der Waals surface area contributed by atoms with Crippen LogP contribution >= 0.6 is 15.9 Å². The van der Waals surface area contributed by atoms with Crippen LogP contribution in [-0.4, -0.2) is 35.5 Å². The Morgan fingerprint density at radius 1 is 1.47 bits per heavy atom. The van der Waals surface area contributed by atoms with Gasteiger partial charge in [0.25, 0.3) is 5.91 Å². The van der Waals surface area contributed by atoms with E-state index in [9.17, 15) is 9.90 Å². The number of aromatic hydroxyl groups is 1. The minimum Gasteiger partial charge on any atom is -0.507 e. The van der Waals surface area contributed by atoms with Gasteiger partial charge in [-0.2, -0.15) is 0 Å². The zero-order valence-corrected chi connectivity index (χ0v) is 13.1. The Morgan fingerprint density at radius 3 is 2.63 bits per heavy atom. The van der Waals surface area contributed by atoms with Gasteiger partial charge < -0.3 is 15.7 Å². The number of nitrogens with zero attached hydrogens (tertiary/aromatic N) is 1. The van der Waals surface area contributed by atoms with Crippen LogP contribution in [0.3, 0.4) is 0 Å². The molecule has 4 nitrogen and oxygen atoms in total. The summed E-state index contributed by atoms with van der Waals surface area (Å²) in [4.78, 5) is 13.8. The first kappa shape index (κ1) is 16.0. The number of phenolic OH excluding ortho intramolecular Hbond substituents is 1. The molecule has 1 rings (SSSR count). The van der Waals surface area contributed by atoms with Crippen molar-refractivity contribution in [2.45, 2.75) is 26.3 Å². The molecule has 0 aromatic heterocycles. The van der Waals surface area contributed by atoms with E-state index in [0.717, 1.165) is 10.9 Å². The van der Waals surface area contributed by atoms with Crippen molar-refractivity contribution in [2.75, 3.05) is 13.6 Å². The van der Waals surface area contributed by atoms with E-state index in [-0.39, 0.29) is 17.7 Å². The molecule has 0 spiro atoms. The maximum atomic E-state index is 12.2. The summed E-state index contributed by atoms with van der Waals surface area (Å²) in [5.74, 6) is 0.185. The number of hydrogen-bond donors (Lipinski definition) is 2. The monoisotopic (exact) mass is 328 g/mol. The largest absolute Gasteiger partial charge is 0.507 e. The van der Waals surface area contributed by atoms with E-state index in [1.165, 1.54) is 6.07 Å². The van der Waals surface area contributed by atoms with E-state index in [4.69, 9.17) is 5.73 Å². The lowest BCUT2D eigenvalue weighted by Gasteiger charge is -2.22. The topological polar surface area (TPSA) is 66.6 Å². The minimum absolute atomic E-state index is 0.0145. The Labute approximate surface area is 122 Å². The average Bonchev–Trinajstić information content (AvgIpc) is 2.34. The van der Waals surface area contributed by atoms with Crippen LogP contribution in [-0.2, 0) is 0 Å². The highest BCUT2D eigenvalue weighted by Gasteiger charge is 2.17. The Kier molecular flexibility index (Phi) is 5.82. The fourth-order valence-electron chi connectivity index (χ4n) is 1.67. The van der Waals surface area contributed by atoms with Gasteiger partial charge in [0.2, 0.25) is 0 Å². The predicted octanol–water partition coefficient (Wildman–Crippen LogP) is 2.60. The summed E-state index contributed by atoms with van der Waals surface area (Å²) >= 11 is 3.25. The molecule has 1 unspecified atom stereocenters. The van der Waals surface area contributed by atoms with Crippen molar-refractivity contribution in [3.05, 3.63) is 28.2 Å². The van der Waals surface area contributed by atoms with Gasteiger partial charge in [0, 0.05) is 24.1 Å². The lowest BCUT2D eigenvalue weighted by atomic mass is 10.0. The first-order valence-corrected chi connectivity index (χ1v) is 7.11. The molecule has 1 amide bonds. The number of halogens is 1. The molecule has 0 saturated carbocycles. The van der Waals surface area contributed by atoms with E-state index in [1.54, 1.807) is 24.1 Å². The molecule has 1 atom stereocenters. The second kappa shape index (κ2) is 6.91. The van der Waals surface area contributed by atoms with Crippen LogP contribution in [0.15, 0.2) is 22.7 Å². The first-order chi connectivity index (χ1) is 8.82. The average molecular weight is 329 g/mol. The maximum absolute atomic E-state index is 12.2. The van der Waals surface area contributed by atoms with Crippen LogP contribution in [0.25, 0.3) is 0 Å². The Bertz CT molecular complexity index is 449. The molecule has 0 aliphatic rings. The summed E-state index contributed by atoms with van der Waals surface area (Å²) in [6.45, 7) is 4.70. The predicted molar refractivity (Wildman–Crippen MR) is 80.2 cm³/mol. The molecule has 5 heteroatoms. The second-order valence-corrected chi connectivity index (χ2v) is 6.00. The third-order valence-corrected chi connectivity index (χ3v) is 3.68. The van der Waals surface area contributed by atoms with Gasteiger partial charge in [-0.15, -0.1) is 0 Å². The van der Waals surface area contributed by atoms with Crippen LogP contribution in [0.4, 0.5) is 0 Å². The van der Waals surface area contributed by atoms with Crippen molar-refractivity contribution < 1.29 is 9.90 Å². The van der Waals surface area contributed by atoms with Crippen LogP contribution in [0.2, 0.25) is 0 Å². The Hall–Kier alpha value is -1.07. The summed E-state index contributed by atoms with van der Waals surface area (Å²) in [7, 11) is 1.72. The highest BCUT2D eigenvalue weighted by atomic mass is 79.9. The first-order valence-electron chi connectivity index (χ1n) is 6.32. The number of nitrogens with two attached hydrogens (primary N) is 1. The smallest absolute Gasteiger partial charge is 0.257 e. The van der Waals surface area contributed by atoms with Gasteiger partial charge in [0.1, 0.15) is 5.75 Å². The number of carbonyl (C=O) groups is 1. The van der Waals surface area contributed by atoms with E-state index in [0.29, 0.717) is 18.0 Å². The number of phenols is 1. The summed E-state index contributed by atoms with van der Waals surface area (Å²) < 4.78 is 0.742. The van der Waals surface area contributed by atoms with Crippen LogP contribution < -0.4 is 5.73 Å². The van der Waals surface area contributed by atoms with Gasteiger partial charge in [0.15, 0.2) is 0 Å². The number of amides is 1. The number of benzene rings is 1. The van der Waals surface area contributed by atoms with Gasteiger partial charge in [-0.1, -0.05) is 29.8 Å². The Balaban J connectivity index is 2.66. The molecule has 1 aromatic rings. The zero-order valence-electron chi connectivity index (χ0n) is 11.6. The molecule has 106 valence electrons. The summed E-state index contributed by atoms with van der Waals surface area (Å²) in [5.41, 5.74) is 6.27. The van der Waals surface area contributed by atoms with Gasteiger partial charge in [-0.05, 0) is 30.5 Å². The minimum atomic E-state index is -0.194. The standard InChI is InChI=1S/C14H21BrN2O2/c1-9(2)12(16)6-7-17(3)14(19)11-5-4-10(15)8-13(11)18/h4-5,8-9,12,18H,6-7,16H2,1-3H3.